The molecule has 4 aromatic carbocycles. The van der Waals surface area contributed by atoms with Gasteiger partial charge in [0.2, 0.25) is 17.7 Å². The molecule has 0 unspecified atom stereocenters. The summed E-state index contributed by atoms with van der Waals surface area (Å²) in [4.78, 5) is 48.8. The Balaban J connectivity index is 1.35. The summed E-state index contributed by atoms with van der Waals surface area (Å²) < 4.78 is 5.41. The molecule has 5 rings (SSSR count). The molecule has 0 spiro atoms. The van der Waals surface area contributed by atoms with Crippen LogP contribution in [0.2, 0.25) is 0 Å². The van der Waals surface area contributed by atoms with Crippen LogP contribution in [-0.4, -0.2) is 103 Å². The van der Waals surface area contributed by atoms with Gasteiger partial charge in [-0.05, 0) is 83.4 Å². The third kappa shape index (κ3) is 14.3. The molecule has 60 heavy (non-hydrogen) atoms. The molecule has 3 amide bonds. The largest absolute Gasteiger partial charge is 0.390 e. The van der Waals surface area contributed by atoms with Crippen LogP contribution >= 0.6 is 11.8 Å². The summed E-state index contributed by atoms with van der Waals surface area (Å²) in [6.07, 6.45) is 5.31. The van der Waals surface area contributed by atoms with Crippen molar-refractivity contribution >= 4 is 56.2 Å². The topological polar surface area (TPSA) is 168 Å². The highest BCUT2D eigenvalue weighted by Gasteiger charge is 2.31. The average molecular weight is 836 g/mol. The first-order valence-corrected chi connectivity index (χ1v) is 22.4. The lowest BCUT2D eigenvalue weighted by molar-refractivity contribution is -0.132. The molecule has 1 saturated heterocycles. The maximum Gasteiger partial charge on any atom is 0.242 e. The van der Waals surface area contributed by atoms with Crippen LogP contribution in [0.15, 0.2) is 89.9 Å². The van der Waals surface area contributed by atoms with E-state index in [1.54, 1.807) is 0 Å². The Morgan fingerprint density at radius 1 is 0.867 bits per heavy atom. The summed E-state index contributed by atoms with van der Waals surface area (Å²) in [6.45, 7) is 8.57. The molecular formula is C47H61N7O5S. The molecule has 1 heterocycles. The van der Waals surface area contributed by atoms with Crippen LogP contribution in [0.1, 0.15) is 57.1 Å². The molecule has 0 bridgehead atoms. The maximum absolute atomic E-state index is 14.7. The number of rotatable bonds is 21. The Kier molecular flexibility index (Phi) is 18.7. The number of aliphatic hydroxyl groups excluding tert-OH is 1. The second kappa shape index (κ2) is 24.3. The van der Waals surface area contributed by atoms with Crippen molar-refractivity contribution in [3.8, 4) is 6.19 Å². The van der Waals surface area contributed by atoms with Gasteiger partial charge in [0.15, 0.2) is 11.4 Å². The molecule has 13 heteroatoms. The Labute approximate surface area is 358 Å². The number of aliphatic imine (C=N–C) groups is 1. The van der Waals surface area contributed by atoms with Crippen LogP contribution in [0.4, 0.5) is 0 Å². The minimum absolute atomic E-state index is 0.110. The zero-order valence-electron chi connectivity index (χ0n) is 35.2. The fourth-order valence-corrected chi connectivity index (χ4v) is 8.19. The van der Waals surface area contributed by atoms with Gasteiger partial charge in [-0.25, -0.2) is 0 Å². The lowest BCUT2D eigenvalue weighted by atomic mass is 9.87. The zero-order valence-corrected chi connectivity index (χ0v) is 36.0. The van der Waals surface area contributed by atoms with E-state index in [1.807, 2.05) is 62.7 Å². The van der Waals surface area contributed by atoms with Gasteiger partial charge >= 0.3 is 0 Å². The van der Waals surface area contributed by atoms with E-state index < -0.39 is 30.0 Å². The summed E-state index contributed by atoms with van der Waals surface area (Å²) in [6, 6.07) is 27.0. The van der Waals surface area contributed by atoms with Gasteiger partial charge in [0.1, 0.15) is 6.04 Å². The van der Waals surface area contributed by atoms with Crippen LogP contribution in [0, 0.1) is 23.3 Å². The van der Waals surface area contributed by atoms with Crippen LogP contribution in [-0.2, 0) is 32.0 Å². The second-order valence-electron chi connectivity index (χ2n) is 15.9. The Morgan fingerprint density at radius 2 is 1.48 bits per heavy atom. The summed E-state index contributed by atoms with van der Waals surface area (Å²) in [5.41, 5.74) is 2.09. The number of fused-ring (bicyclic) bond motifs is 2. The molecule has 0 radical (unpaired) electrons. The average Bonchev–Trinajstić information content (AvgIpc) is 3.25. The minimum atomic E-state index is -1.13. The fraction of sp³-hybridized carbons (Fsp3) is 0.468. The first kappa shape index (κ1) is 46.1. The highest BCUT2D eigenvalue weighted by Crippen LogP contribution is 2.27. The van der Waals surface area contributed by atoms with Crippen LogP contribution in [0.3, 0.4) is 0 Å². The molecule has 12 nitrogen and oxygen atoms in total. The van der Waals surface area contributed by atoms with Crippen molar-refractivity contribution in [3.63, 3.8) is 0 Å². The molecule has 320 valence electrons. The van der Waals surface area contributed by atoms with Crippen molar-refractivity contribution in [1.82, 2.24) is 26.2 Å². The predicted molar refractivity (Wildman–Crippen MR) is 241 cm³/mol. The van der Waals surface area contributed by atoms with Crippen molar-refractivity contribution < 1.29 is 24.2 Å². The number of hydrogen-bond acceptors (Lipinski definition) is 9. The summed E-state index contributed by atoms with van der Waals surface area (Å²) in [5.74, 6) is -1.34. The van der Waals surface area contributed by atoms with Crippen LogP contribution in [0.5, 0.6) is 0 Å². The van der Waals surface area contributed by atoms with Crippen LogP contribution < -0.4 is 21.3 Å². The van der Waals surface area contributed by atoms with Gasteiger partial charge in [0.05, 0.1) is 31.8 Å². The van der Waals surface area contributed by atoms with E-state index in [4.69, 9.17) is 10.00 Å². The number of morpholine rings is 1. The molecule has 0 saturated carbocycles. The number of carbonyl (C=O) groups excluding carboxylic acids is 3. The predicted octanol–water partition coefficient (Wildman–Crippen LogP) is 5.57. The molecule has 4 aromatic rings. The third-order valence-corrected chi connectivity index (χ3v) is 11.6. The van der Waals surface area contributed by atoms with Gasteiger partial charge in [0.25, 0.3) is 0 Å². The van der Waals surface area contributed by atoms with E-state index in [1.165, 1.54) is 11.8 Å². The SMILES string of the molecule is CSC(=NCCCC[C@H](NC(=O)C(Cc1cccc2ccccc12)Cc1cccc2ccccc12)C(=O)N[C@@H](CC(C)C)[C@@H](O)CC(=O)NCCN1CCOCC1)NC#N. The standard InChI is InChI=1S/C47H61N7O5S/c1-33(2)28-42(43(55)31-44(56)49-22-23-54-24-26-59-27-25-54)53-46(58)41(20-8-9-21-50-47(60-3)51-32-48)52-45(57)38(29-36-16-10-14-34-12-4-6-18-39(34)36)30-37-17-11-15-35-13-5-7-19-40(35)37/h4-7,10-19,33,38,41-43,55H,8-9,20-31H2,1-3H3,(H,49,56)(H,50,51)(H,52,57)(H,53,58)/t41-,42-,43-/m0/s1. The number of unbranched alkanes of at least 4 members (excludes halogenated alkanes) is 1. The summed E-state index contributed by atoms with van der Waals surface area (Å²) >= 11 is 1.34. The number of aliphatic hydroxyl groups is 1. The molecule has 3 atom stereocenters. The van der Waals surface area contributed by atoms with Gasteiger partial charge in [0, 0.05) is 38.6 Å². The first-order valence-electron chi connectivity index (χ1n) is 21.2. The summed E-state index contributed by atoms with van der Waals surface area (Å²) in [5, 5.41) is 37.0. The smallest absolute Gasteiger partial charge is 0.242 e. The van der Waals surface area contributed by atoms with Gasteiger partial charge in [-0.3, -0.25) is 29.6 Å². The number of thioether (sulfide) groups is 1. The Bertz CT molecular complexity index is 1990. The normalized spacial score (nSPS) is 15.1. The second-order valence-corrected chi connectivity index (χ2v) is 16.7. The van der Waals surface area contributed by atoms with Gasteiger partial charge < -0.3 is 25.8 Å². The molecule has 5 N–H and O–H groups in total. The molecule has 0 aromatic heterocycles. The third-order valence-electron chi connectivity index (χ3n) is 11.0. The first-order chi connectivity index (χ1) is 29.1. The van der Waals surface area contributed by atoms with Crippen molar-refractivity contribution in [2.24, 2.45) is 16.8 Å². The van der Waals surface area contributed by atoms with Crippen molar-refractivity contribution in [1.29, 1.82) is 5.26 Å². The van der Waals surface area contributed by atoms with Crippen LogP contribution in [0.25, 0.3) is 21.5 Å². The highest BCUT2D eigenvalue weighted by molar-refractivity contribution is 8.13. The number of nitrogens with zero attached hydrogens (tertiary/aromatic N) is 3. The maximum atomic E-state index is 14.7. The molecule has 1 aliphatic rings. The van der Waals surface area contributed by atoms with E-state index in [0.29, 0.717) is 76.5 Å². The monoisotopic (exact) mass is 835 g/mol. The summed E-state index contributed by atoms with van der Waals surface area (Å²) in [7, 11) is 0. The number of nitriles is 1. The zero-order chi connectivity index (χ0) is 42.7. The van der Waals surface area contributed by atoms with Crippen molar-refractivity contribution in [3.05, 3.63) is 96.1 Å². The number of hydrogen-bond donors (Lipinski definition) is 5. The van der Waals surface area contributed by atoms with E-state index in [-0.39, 0.29) is 24.2 Å². The van der Waals surface area contributed by atoms with Gasteiger partial charge in [-0.2, -0.15) is 5.26 Å². The van der Waals surface area contributed by atoms with Crippen molar-refractivity contribution in [2.75, 3.05) is 52.2 Å². The molecule has 0 aliphatic carbocycles. The van der Waals surface area contributed by atoms with Crippen molar-refractivity contribution in [2.45, 2.75) is 77.0 Å². The number of ether oxygens (including phenoxy) is 1. The number of nitrogens with one attached hydrogen (secondary N) is 4. The number of amidine groups is 1. The minimum Gasteiger partial charge on any atom is -0.390 e. The molecule has 1 aliphatic heterocycles. The van der Waals surface area contributed by atoms with Gasteiger partial charge in [-0.1, -0.05) is 111 Å². The molecule has 1 fully saturated rings. The lowest BCUT2D eigenvalue weighted by Crippen LogP contribution is -2.54. The van der Waals surface area contributed by atoms with E-state index in [2.05, 4.69) is 79.7 Å². The Hall–Kier alpha value is -5.00. The quantitative estimate of drug-likeness (QED) is 0.0237. The van der Waals surface area contributed by atoms with Gasteiger partial charge in [-0.15, -0.1) is 0 Å². The highest BCUT2D eigenvalue weighted by atomic mass is 32.2. The fourth-order valence-electron chi connectivity index (χ4n) is 7.82. The number of benzene rings is 4. The van der Waals surface area contributed by atoms with E-state index >= 15 is 0 Å². The molecular weight excluding hydrogens is 775 g/mol. The van der Waals surface area contributed by atoms with E-state index in [0.717, 1.165) is 45.8 Å². The Morgan fingerprint density at radius 3 is 2.08 bits per heavy atom. The van der Waals surface area contributed by atoms with E-state index in [9.17, 15) is 19.5 Å². The number of amides is 3. The number of carbonyl (C=O) groups is 3. The lowest BCUT2D eigenvalue weighted by Gasteiger charge is -2.29.